The zero-order valence-corrected chi connectivity index (χ0v) is 10.6. The van der Waals surface area contributed by atoms with Gasteiger partial charge < -0.3 is 4.98 Å². The number of aromatic amines is 1. The van der Waals surface area contributed by atoms with Gasteiger partial charge in [-0.1, -0.05) is 30.8 Å². The largest absolute Gasteiger partial charge is 0.343 e. The topological polar surface area (TPSA) is 28.7 Å². The molecule has 0 atom stereocenters. The number of nitrogens with one attached hydrogen (secondary N) is 1. The maximum Gasteiger partial charge on any atom is 0.132 e. The van der Waals surface area contributed by atoms with Gasteiger partial charge in [0.15, 0.2) is 0 Å². The predicted molar refractivity (Wildman–Crippen MR) is 68.9 cm³/mol. The first-order valence-electron chi connectivity index (χ1n) is 5.47. The van der Waals surface area contributed by atoms with Crippen LogP contribution in [0.25, 0.3) is 11.3 Å². The summed E-state index contributed by atoms with van der Waals surface area (Å²) in [5, 5.41) is 0. The Morgan fingerprint density at radius 2 is 2.12 bits per heavy atom. The fraction of sp³-hybridized carbons (Fsp3) is 0.231. The van der Waals surface area contributed by atoms with Crippen LogP contribution in [0.4, 0.5) is 4.39 Å². The molecule has 0 saturated carbocycles. The van der Waals surface area contributed by atoms with Crippen molar-refractivity contribution in [3.05, 3.63) is 46.1 Å². The van der Waals surface area contributed by atoms with Crippen molar-refractivity contribution in [1.82, 2.24) is 9.97 Å². The summed E-state index contributed by atoms with van der Waals surface area (Å²) in [6.45, 7) is 3.91. The molecule has 0 spiro atoms. The lowest BCUT2D eigenvalue weighted by Gasteiger charge is -2.07. The van der Waals surface area contributed by atoms with E-state index in [-0.39, 0.29) is 5.82 Å². The summed E-state index contributed by atoms with van der Waals surface area (Å²) in [6, 6.07) is 6.70. The fourth-order valence-electron chi connectivity index (χ4n) is 1.67. The second kappa shape index (κ2) is 4.75. The zero-order valence-electron chi connectivity index (χ0n) is 9.75. The molecule has 0 fully saturated rings. The standard InChI is InChI=1S/C13H13FN2S/c1-3-12-15-11(7-13(17)16-12)9-6-8(2)4-5-10(9)14/h4-7H,3H2,1-2H3,(H,15,16,17). The minimum absolute atomic E-state index is 0.255. The van der Waals surface area contributed by atoms with Crippen molar-refractivity contribution >= 4 is 12.2 Å². The van der Waals surface area contributed by atoms with E-state index in [1.54, 1.807) is 18.2 Å². The van der Waals surface area contributed by atoms with Crippen LogP contribution in [0.15, 0.2) is 24.3 Å². The molecule has 0 aliphatic carbocycles. The molecule has 0 radical (unpaired) electrons. The van der Waals surface area contributed by atoms with Crippen LogP contribution >= 0.6 is 12.2 Å². The highest BCUT2D eigenvalue weighted by atomic mass is 32.1. The molecule has 0 bridgehead atoms. The highest BCUT2D eigenvalue weighted by Crippen LogP contribution is 2.22. The van der Waals surface area contributed by atoms with Crippen LogP contribution in [-0.2, 0) is 6.42 Å². The Morgan fingerprint density at radius 1 is 1.35 bits per heavy atom. The molecular formula is C13H13FN2S. The average Bonchev–Trinajstić information content (AvgIpc) is 2.31. The van der Waals surface area contributed by atoms with E-state index in [1.807, 2.05) is 13.8 Å². The molecule has 1 heterocycles. The first-order valence-corrected chi connectivity index (χ1v) is 5.87. The minimum atomic E-state index is -0.255. The molecule has 0 aliphatic rings. The molecule has 0 saturated heterocycles. The van der Waals surface area contributed by atoms with Gasteiger partial charge >= 0.3 is 0 Å². The molecule has 17 heavy (non-hydrogen) atoms. The molecule has 88 valence electrons. The lowest BCUT2D eigenvalue weighted by Crippen LogP contribution is -1.97. The van der Waals surface area contributed by atoms with Crippen molar-refractivity contribution in [1.29, 1.82) is 0 Å². The van der Waals surface area contributed by atoms with E-state index in [1.165, 1.54) is 6.07 Å². The molecule has 1 N–H and O–H groups in total. The third kappa shape index (κ3) is 2.58. The Kier molecular flexibility index (Phi) is 3.33. The summed E-state index contributed by atoms with van der Waals surface area (Å²) in [7, 11) is 0. The van der Waals surface area contributed by atoms with Gasteiger partial charge in [0.25, 0.3) is 0 Å². The minimum Gasteiger partial charge on any atom is -0.343 e. The Morgan fingerprint density at radius 3 is 2.82 bits per heavy atom. The fourth-order valence-corrected chi connectivity index (χ4v) is 1.89. The van der Waals surface area contributed by atoms with Crippen LogP contribution in [0, 0.1) is 17.4 Å². The number of aryl methyl sites for hydroxylation is 2. The van der Waals surface area contributed by atoms with Gasteiger partial charge in [-0.05, 0) is 25.1 Å². The number of benzene rings is 1. The Hall–Kier alpha value is -1.55. The van der Waals surface area contributed by atoms with Gasteiger partial charge in [0, 0.05) is 12.0 Å². The number of halogens is 1. The van der Waals surface area contributed by atoms with Crippen LogP contribution in [-0.4, -0.2) is 9.97 Å². The maximum absolute atomic E-state index is 13.7. The molecule has 2 rings (SSSR count). The Bertz CT molecular complexity index is 605. The highest BCUT2D eigenvalue weighted by molar-refractivity contribution is 7.71. The summed E-state index contributed by atoms with van der Waals surface area (Å²) in [5.41, 5.74) is 2.23. The molecule has 1 aromatic carbocycles. The van der Waals surface area contributed by atoms with E-state index in [0.29, 0.717) is 15.9 Å². The zero-order chi connectivity index (χ0) is 12.4. The molecule has 2 nitrogen and oxygen atoms in total. The summed E-state index contributed by atoms with van der Waals surface area (Å²) in [6.07, 6.45) is 0.741. The number of hydrogen-bond acceptors (Lipinski definition) is 2. The Labute approximate surface area is 105 Å². The van der Waals surface area contributed by atoms with Crippen molar-refractivity contribution in [2.75, 3.05) is 0 Å². The van der Waals surface area contributed by atoms with Crippen molar-refractivity contribution < 1.29 is 4.39 Å². The number of hydrogen-bond donors (Lipinski definition) is 1. The molecule has 2 aromatic rings. The highest BCUT2D eigenvalue weighted by Gasteiger charge is 2.07. The summed E-state index contributed by atoms with van der Waals surface area (Å²) < 4.78 is 14.2. The first kappa shape index (κ1) is 11.9. The second-order valence-corrected chi connectivity index (χ2v) is 4.33. The lowest BCUT2D eigenvalue weighted by atomic mass is 10.1. The average molecular weight is 248 g/mol. The Balaban J connectivity index is 2.63. The van der Waals surface area contributed by atoms with Gasteiger partial charge in [0.05, 0.1) is 5.69 Å². The monoisotopic (exact) mass is 248 g/mol. The van der Waals surface area contributed by atoms with E-state index in [9.17, 15) is 4.39 Å². The van der Waals surface area contributed by atoms with Gasteiger partial charge in [0.1, 0.15) is 16.3 Å². The van der Waals surface area contributed by atoms with Crippen LogP contribution in [0.2, 0.25) is 0 Å². The van der Waals surface area contributed by atoms with E-state index < -0.39 is 0 Å². The smallest absolute Gasteiger partial charge is 0.132 e. The predicted octanol–water partition coefficient (Wildman–Crippen LogP) is 3.82. The van der Waals surface area contributed by atoms with Crippen molar-refractivity contribution in [3.63, 3.8) is 0 Å². The van der Waals surface area contributed by atoms with Crippen LogP contribution in [0.1, 0.15) is 18.3 Å². The van der Waals surface area contributed by atoms with Crippen LogP contribution in [0.5, 0.6) is 0 Å². The number of nitrogens with zero attached hydrogens (tertiary/aromatic N) is 1. The summed E-state index contributed by atoms with van der Waals surface area (Å²) >= 11 is 5.08. The van der Waals surface area contributed by atoms with Gasteiger partial charge in [-0.3, -0.25) is 0 Å². The molecule has 0 amide bonds. The van der Waals surface area contributed by atoms with Crippen molar-refractivity contribution in [2.45, 2.75) is 20.3 Å². The molecule has 0 unspecified atom stereocenters. The number of H-pyrrole nitrogens is 1. The van der Waals surface area contributed by atoms with Gasteiger partial charge in [-0.15, -0.1) is 0 Å². The first-order chi connectivity index (χ1) is 8.10. The molecule has 4 heteroatoms. The van der Waals surface area contributed by atoms with E-state index in [0.717, 1.165) is 17.8 Å². The van der Waals surface area contributed by atoms with Gasteiger partial charge in [-0.25, -0.2) is 9.37 Å². The van der Waals surface area contributed by atoms with Crippen LogP contribution in [0.3, 0.4) is 0 Å². The maximum atomic E-state index is 13.7. The molecule has 0 aliphatic heterocycles. The molecule has 1 aromatic heterocycles. The third-order valence-electron chi connectivity index (χ3n) is 2.54. The SMILES string of the molecule is CCc1nc(=S)cc(-c2cc(C)ccc2F)[nH]1. The van der Waals surface area contributed by atoms with Gasteiger partial charge in [0.2, 0.25) is 0 Å². The normalized spacial score (nSPS) is 10.5. The molecular weight excluding hydrogens is 235 g/mol. The van der Waals surface area contributed by atoms with Crippen molar-refractivity contribution in [2.24, 2.45) is 0 Å². The summed E-state index contributed by atoms with van der Waals surface area (Å²) in [5.74, 6) is 0.517. The van der Waals surface area contributed by atoms with E-state index >= 15 is 0 Å². The van der Waals surface area contributed by atoms with Crippen LogP contribution < -0.4 is 0 Å². The number of rotatable bonds is 2. The van der Waals surface area contributed by atoms with E-state index in [4.69, 9.17) is 12.2 Å². The second-order valence-electron chi connectivity index (χ2n) is 3.92. The number of aromatic nitrogens is 2. The van der Waals surface area contributed by atoms with E-state index in [2.05, 4.69) is 9.97 Å². The summed E-state index contributed by atoms with van der Waals surface area (Å²) in [4.78, 5) is 7.27. The quantitative estimate of drug-likeness (QED) is 0.818. The third-order valence-corrected chi connectivity index (χ3v) is 2.75. The lowest BCUT2D eigenvalue weighted by molar-refractivity contribution is 0.630. The van der Waals surface area contributed by atoms with Crippen molar-refractivity contribution in [3.8, 4) is 11.3 Å². The van der Waals surface area contributed by atoms with Gasteiger partial charge in [-0.2, -0.15) is 0 Å².